The molecule has 0 aliphatic heterocycles. The van der Waals surface area contributed by atoms with E-state index in [-0.39, 0.29) is 5.56 Å². The smallest absolute Gasteiger partial charge is 0.339 e. The van der Waals surface area contributed by atoms with Gasteiger partial charge in [-0.2, -0.15) is 0 Å². The summed E-state index contributed by atoms with van der Waals surface area (Å²) in [6.45, 7) is 4.39. The summed E-state index contributed by atoms with van der Waals surface area (Å²) in [5.41, 5.74) is 3.29. The van der Waals surface area contributed by atoms with Crippen molar-refractivity contribution in [1.82, 2.24) is 0 Å². The van der Waals surface area contributed by atoms with Gasteiger partial charge in [-0.05, 0) is 37.5 Å². The van der Waals surface area contributed by atoms with Crippen LogP contribution in [0, 0.1) is 0 Å². The summed E-state index contributed by atoms with van der Waals surface area (Å²) in [7, 11) is 0. The molecule has 0 aliphatic rings. The highest BCUT2D eigenvalue weighted by Crippen LogP contribution is 2.26. The Morgan fingerprint density at radius 3 is 2.45 bits per heavy atom. The van der Waals surface area contributed by atoms with Crippen molar-refractivity contribution in [3.63, 3.8) is 0 Å². The van der Waals surface area contributed by atoms with Crippen LogP contribution in [-0.2, 0) is 13.0 Å². The molecular formula is C19H20O3. The van der Waals surface area contributed by atoms with E-state index in [0.29, 0.717) is 18.8 Å². The number of hydrogen-bond donors (Lipinski definition) is 1. The topological polar surface area (TPSA) is 46.5 Å². The number of carboxylic acid groups (broad SMARTS) is 1. The van der Waals surface area contributed by atoms with Crippen molar-refractivity contribution in [2.45, 2.75) is 26.9 Å². The summed E-state index contributed by atoms with van der Waals surface area (Å²) in [6, 6.07) is 15.0. The first-order valence-corrected chi connectivity index (χ1v) is 7.23. The molecule has 1 N–H and O–H groups in total. The number of carboxylic acids is 1. The average molecular weight is 296 g/mol. The van der Waals surface area contributed by atoms with Gasteiger partial charge in [-0.3, -0.25) is 0 Å². The number of benzene rings is 2. The fourth-order valence-corrected chi connectivity index (χ4v) is 2.13. The van der Waals surface area contributed by atoms with E-state index < -0.39 is 5.97 Å². The van der Waals surface area contributed by atoms with Crippen LogP contribution in [0.5, 0.6) is 5.75 Å². The Bertz CT molecular complexity index is 668. The van der Waals surface area contributed by atoms with Crippen LogP contribution in [-0.4, -0.2) is 11.1 Å². The Hall–Kier alpha value is -2.55. The molecule has 0 atom stereocenters. The van der Waals surface area contributed by atoms with Crippen molar-refractivity contribution < 1.29 is 14.6 Å². The van der Waals surface area contributed by atoms with E-state index >= 15 is 0 Å². The molecule has 0 heterocycles. The molecule has 2 aromatic rings. The summed E-state index contributed by atoms with van der Waals surface area (Å²) in [4.78, 5) is 11.4. The average Bonchev–Trinajstić information content (AvgIpc) is 2.51. The Balaban J connectivity index is 2.29. The first kappa shape index (κ1) is 15.8. The van der Waals surface area contributed by atoms with Crippen LogP contribution in [0.15, 0.2) is 60.2 Å². The SMILES string of the molecule is CC(C)=CCc1cccc(C(=O)O)c1OCc1ccccc1. The highest BCUT2D eigenvalue weighted by Gasteiger charge is 2.15. The molecule has 2 aromatic carbocycles. The Morgan fingerprint density at radius 1 is 1.09 bits per heavy atom. The standard InChI is InChI=1S/C19H20O3/c1-14(2)11-12-16-9-6-10-17(19(20)21)18(16)22-13-15-7-4-3-5-8-15/h3-11H,12-13H2,1-2H3,(H,20,21). The maximum absolute atomic E-state index is 11.4. The van der Waals surface area contributed by atoms with Gasteiger partial charge < -0.3 is 9.84 Å². The van der Waals surface area contributed by atoms with Crippen molar-refractivity contribution >= 4 is 5.97 Å². The van der Waals surface area contributed by atoms with Gasteiger partial charge >= 0.3 is 5.97 Å². The van der Waals surface area contributed by atoms with E-state index in [1.54, 1.807) is 12.1 Å². The molecule has 0 saturated carbocycles. The number of allylic oxidation sites excluding steroid dienone is 2. The van der Waals surface area contributed by atoms with Crippen molar-refractivity contribution in [1.29, 1.82) is 0 Å². The number of hydrogen-bond acceptors (Lipinski definition) is 2. The second-order valence-electron chi connectivity index (χ2n) is 5.36. The molecule has 2 rings (SSSR count). The normalized spacial score (nSPS) is 10.1. The van der Waals surface area contributed by atoms with Crippen LogP contribution in [0.3, 0.4) is 0 Å². The molecule has 0 aliphatic carbocycles. The second-order valence-corrected chi connectivity index (χ2v) is 5.36. The fourth-order valence-electron chi connectivity index (χ4n) is 2.13. The fraction of sp³-hybridized carbons (Fsp3) is 0.211. The van der Waals surface area contributed by atoms with Crippen LogP contribution in [0.2, 0.25) is 0 Å². The summed E-state index contributed by atoms with van der Waals surface area (Å²) in [6.07, 6.45) is 2.73. The first-order valence-electron chi connectivity index (χ1n) is 7.23. The van der Waals surface area contributed by atoms with Crippen molar-refractivity contribution in [3.05, 3.63) is 76.9 Å². The minimum absolute atomic E-state index is 0.204. The van der Waals surface area contributed by atoms with Gasteiger partial charge in [0.1, 0.15) is 17.9 Å². The molecule has 0 radical (unpaired) electrons. The predicted molar refractivity (Wildman–Crippen MR) is 87.3 cm³/mol. The van der Waals surface area contributed by atoms with Crippen LogP contribution in [0.4, 0.5) is 0 Å². The third kappa shape index (κ3) is 4.22. The lowest BCUT2D eigenvalue weighted by atomic mass is 10.0. The van der Waals surface area contributed by atoms with Gasteiger partial charge in [-0.15, -0.1) is 0 Å². The minimum Gasteiger partial charge on any atom is -0.488 e. The summed E-state index contributed by atoms with van der Waals surface area (Å²) < 4.78 is 5.84. The van der Waals surface area contributed by atoms with Gasteiger partial charge in [0.2, 0.25) is 0 Å². The lowest BCUT2D eigenvalue weighted by molar-refractivity contribution is 0.0691. The molecular weight excluding hydrogens is 276 g/mol. The maximum Gasteiger partial charge on any atom is 0.339 e. The van der Waals surface area contributed by atoms with Gasteiger partial charge in [-0.25, -0.2) is 4.79 Å². The monoisotopic (exact) mass is 296 g/mol. The quantitative estimate of drug-likeness (QED) is 0.800. The van der Waals surface area contributed by atoms with Crippen LogP contribution in [0.1, 0.15) is 35.3 Å². The molecule has 0 saturated heterocycles. The second kappa shape index (κ2) is 7.46. The van der Waals surface area contributed by atoms with E-state index in [0.717, 1.165) is 11.1 Å². The maximum atomic E-state index is 11.4. The lowest BCUT2D eigenvalue weighted by Gasteiger charge is -2.13. The van der Waals surface area contributed by atoms with Crippen molar-refractivity contribution in [2.75, 3.05) is 0 Å². The molecule has 3 heteroatoms. The van der Waals surface area contributed by atoms with Gasteiger partial charge in [0.25, 0.3) is 0 Å². The zero-order chi connectivity index (χ0) is 15.9. The molecule has 0 aromatic heterocycles. The minimum atomic E-state index is -0.970. The number of ether oxygens (including phenoxy) is 1. The summed E-state index contributed by atoms with van der Waals surface area (Å²) in [5.74, 6) is -0.515. The predicted octanol–water partition coefficient (Wildman–Crippen LogP) is 4.47. The van der Waals surface area contributed by atoms with E-state index in [1.165, 1.54) is 5.57 Å². The third-order valence-electron chi connectivity index (χ3n) is 3.28. The van der Waals surface area contributed by atoms with E-state index in [9.17, 15) is 9.90 Å². The zero-order valence-electron chi connectivity index (χ0n) is 12.9. The number of rotatable bonds is 6. The van der Waals surface area contributed by atoms with Crippen LogP contribution >= 0.6 is 0 Å². The Labute approximate surface area is 130 Å². The van der Waals surface area contributed by atoms with E-state index in [4.69, 9.17) is 4.74 Å². The van der Waals surface area contributed by atoms with Crippen LogP contribution < -0.4 is 4.74 Å². The highest BCUT2D eigenvalue weighted by atomic mass is 16.5. The Morgan fingerprint density at radius 2 is 1.82 bits per heavy atom. The molecule has 3 nitrogen and oxygen atoms in total. The molecule has 0 bridgehead atoms. The van der Waals surface area contributed by atoms with E-state index in [2.05, 4.69) is 6.08 Å². The zero-order valence-corrected chi connectivity index (χ0v) is 12.9. The number of para-hydroxylation sites is 1. The van der Waals surface area contributed by atoms with E-state index in [1.807, 2.05) is 50.2 Å². The molecule has 0 unspecified atom stereocenters. The lowest BCUT2D eigenvalue weighted by Crippen LogP contribution is -2.06. The Kier molecular flexibility index (Phi) is 5.37. The molecule has 22 heavy (non-hydrogen) atoms. The highest BCUT2D eigenvalue weighted by molar-refractivity contribution is 5.91. The van der Waals surface area contributed by atoms with Gasteiger partial charge in [0, 0.05) is 0 Å². The molecule has 0 spiro atoms. The van der Waals surface area contributed by atoms with Gasteiger partial charge in [-0.1, -0.05) is 54.1 Å². The first-order chi connectivity index (χ1) is 10.6. The molecule has 114 valence electrons. The number of aromatic carboxylic acids is 1. The molecule has 0 amide bonds. The van der Waals surface area contributed by atoms with Crippen LogP contribution in [0.25, 0.3) is 0 Å². The van der Waals surface area contributed by atoms with Crippen molar-refractivity contribution in [3.8, 4) is 5.75 Å². The summed E-state index contributed by atoms with van der Waals surface area (Å²) >= 11 is 0. The third-order valence-corrected chi connectivity index (χ3v) is 3.28. The van der Waals surface area contributed by atoms with Crippen molar-refractivity contribution in [2.24, 2.45) is 0 Å². The summed E-state index contributed by atoms with van der Waals surface area (Å²) in [5, 5.41) is 9.37. The molecule has 0 fully saturated rings. The van der Waals surface area contributed by atoms with Gasteiger partial charge in [0.05, 0.1) is 0 Å². The number of carbonyl (C=O) groups is 1. The largest absolute Gasteiger partial charge is 0.488 e. The van der Waals surface area contributed by atoms with Gasteiger partial charge in [0.15, 0.2) is 0 Å².